The van der Waals surface area contributed by atoms with Crippen molar-refractivity contribution in [3.63, 3.8) is 0 Å². The Hall–Kier alpha value is -3.08. The van der Waals surface area contributed by atoms with E-state index in [-0.39, 0.29) is 11.7 Å². The van der Waals surface area contributed by atoms with E-state index >= 15 is 0 Å². The van der Waals surface area contributed by atoms with Gasteiger partial charge in [-0.15, -0.1) is 0 Å². The van der Waals surface area contributed by atoms with E-state index in [1.54, 1.807) is 24.1 Å². The first-order valence-electron chi connectivity index (χ1n) is 7.27. The monoisotopic (exact) mass is 306 g/mol. The number of aromatic amines is 1. The Morgan fingerprint density at radius 2 is 2.00 bits per heavy atom. The van der Waals surface area contributed by atoms with Gasteiger partial charge in [-0.05, 0) is 29.8 Å². The Balaban J connectivity index is 2.04. The molecule has 0 saturated heterocycles. The number of fused-ring (bicyclic) bond motifs is 2. The number of phenolic OH excluding ortho intramolecular Hbond substituents is 1. The second-order valence-corrected chi connectivity index (χ2v) is 5.71. The lowest BCUT2D eigenvalue weighted by atomic mass is 9.95. The number of amides is 1. The molecule has 0 saturated carbocycles. The van der Waals surface area contributed by atoms with E-state index in [0.717, 1.165) is 22.8 Å². The Morgan fingerprint density at radius 3 is 2.78 bits per heavy atom. The van der Waals surface area contributed by atoms with Crippen molar-refractivity contribution >= 4 is 23.1 Å². The van der Waals surface area contributed by atoms with E-state index in [1.165, 1.54) is 6.07 Å². The van der Waals surface area contributed by atoms with Gasteiger partial charge in [0.2, 0.25) is 0 Å². The number of nitrogens with zero attached hydrogens (tertiary/aromatic N) is 1. The van der Waals surface area contributed by atoms with Crippen molar-refractivity contribution < 1.29 is 14.7 Å². The summed E-state index contributed by atoms with van der Waals surface area (Å²) in [7, 11) is 1.71. The third-order valence-electron chi connectivity index (χ3n) is 4.44. The summed E-state index contributed by atoms with van der Waals surface area (Å²) in [5, 5.41) is 10.7. The van der Waals surface area contributed by atoms with Crippen LogP contribution in [0.2, 0.25) is 0 Å². The van der Waals surface area contributed by atoms with E-state index < -0.39 is 6.04 Å². The van der Waals surface area contributed by atoms with Gasteiger partial charge in [-0.25, -0.2) is 0 Å². The summed E-state index contributed by atoms with van der Waals surface area (Å²) in [4.78, 5) is 28.7. The van der Waals surface area contributed by atoms with E-state index in [9.17, 15) is 14.7 Å². The predicted octanol–water partition coefficient (Wildman–Crippen LogP) is 2.86. The maximum Gasteiger partial charge on any atom is 0.254 e. The smallest absolute Gasteiger partial charge is 0.254 e. The summed E-state index contributed by atoms with van der Waals surface area (Å²) in [5.41, 5.74) is 3.32. The van der Waals surface area contributed by atoms with Gasteiger partial charge in [0.15, 0.2) is 6.29 Å². The van der Waals surface area contributed by atoms with Crippen LogP contribution in [0, 0.1) is 0 Å². The van der Waals surface area contributed by atoms with Gasteiger partial charge in [0.1, 0.15) is 5.75 Å². The van der Waals surface area contributed by atoms with Gasteiger partial charge in [0, 0.05) is 29.1 Å². The van der Waals surface area contributed by atoms with Gasteiger partial charge in [-0.3, -0.25) is 9.59 Å². The molecule has 5 heteroatoms. The molecular weight excluding hydrogens is 292 g/mol. The van der Waals surface area contributed by atoms with Gasteiger partial charge in [-0.2, -0.15) is 0 Å². The molecule has 1 amide bonds. The Kier molecular flexibility index (Phi) is 2.78. The number of para-hydroxylation sites is 1. The minimum absolute atomic E-state index is 0.101. The Labute approximate surface area is 132 Å². The number of phenols is 1. The molecule has 1 aliphatic rings. The Bertz CT molecular complexity index is 958. The van der Waals surface area contributed by atoms with Crippen LogP contribution in [0.5, 0.6) is 5.75 Å². The molecule has 5 nitrogen and oxygen atoms in total. The van der Waals surface area contributed by atoms with E-state index in [0.29, 0.717) is 16.8 Å². The third-order valence-corrected chi connectivity index (χ3v) is 4.44. The van der Waals surface area contributed by atoms with Gasteiger partial charge in [-0.1, -0.05) is 18.2 Å². The first-order chi connectivity index (χ1) is 11.1. The maximum atomic E-state index is 12.5. The van der Waals surface area contributed by atoms with Crippen LogP contribution >= 0.6 is 0 Å². The minimum Gasteiger partial charge on any atom is -0.508 e. The number of nitrogens with one attached hydrogen (secondary N) is 1. The van der Waals surface area contributed by atoms with Crippen LogP contribution in [0.15, 0.2) is 42.5 Å². The lowest BCUT2D eigenvalue weighted by Crippen LogP contribution is -2.24. The average Bonchev–Trinajstić information content (AvgIpc) is 3.03. The molecule has 2 N–H and O–H groups in total. The number of aromatic hydroxyl groups is 1. The second-order valence-electron chi connectivity index (χ2n) is 5.71. The van der Waals surface area contributed by atoms with Crippen molar-refractivity contribution in [1.82, 2.24) is 9.88 Å². The topological polar surface area (TPSA) is 73.4 Å². The van der Waals surface area contributed by atoms with Crippen molar-refractivity contribution in [1.29, 1.82) is 0 Å². The summed E-state index contributed by atoms with van der Waals surface area (Å²) in [6.45, 7) is 0. The SMILES string of the molecule is CN1C(=O)c2ccc(O)cc2[C@@H]1c1c(C=O)[nH]c2ccccc12. The largest absolute Gasteiger partial charge is 0.508 e. The predicted molar refractivity (Wildman–Crippen MR) is 85.7 cm³/mol. The lowest BCUT2D eigenvalue weighted by Gasteiger charge is -2.21. The van der Waals surface area contributed by atoms with Crippen molar-refractivity contribution in [2.24, 2.45) is 0 Å². The number of rotatable bonds is 2. The molecule has 3 aromatic rings. The first-order valence-corrected chi connectivity index (χ1v) is 7.27. The molecular formula is C18H14N2O3. The first kappa shape index (κ1) is 13.6. The number of benzene rings is 2. The molecule has 4 rings (SSSR count). The lowest BCUT2D eigenvalue weighted by molar-refractivity contribution is 0.0793. The molecule has 23 heavy (non-hydrogen) atoms. The standard InChI is InChI=1S/C18H14N2O3/c1-20-17(13-8-10(22)6-7-11(13)18(20)23)16-12-4-2-3-5-14(12)19-15(16)9-21/h2-9,17,19,22H,1H3/t17-/m1/s1. The zero-order valence-corrected chi connectivity index (χ0v) is 12.4. The highest BCUT2D eigenvalue weighted by Gasteiger charge is 2.38. The molecule has 2 heterocycles. The Morgan fingerprint density at radius 1 is 1.22 bits per heavy atom. The second kappa shape index (κ2) is 4.71. The van der Waals surface area contributed by atoms with E-state index in [1.807, 2.05) is 24.3 Å². The van der Waals surface area contributed by atoms with Gasteiger partial charge < -0.3 is 15.0 Å². The van der Waals surface area contributed by atoms with Crippen LogP contribution in [-0.4, -0.2) is 34.2 Å². The average molecular weight is 306 g/mol. The quantitative estimate of drug-likeness (QED) is 0.715. The fourth-order valence-electron chi connectivity index (χ4n) is 3.41. The molecule has 0 unspecified atom stereocenters. The van der Waals surface area contributed by atoms with Crippen LogP contribution in [0.4, 0.5) is 0 Å². The van der Waals surface area contributed by atoms with Crippen LogP contribution in [0.3, 0.4) is 0 Å². The molecule has 0 radical (unpaired) electrons. The molecule has 114 valence electrons. The molecule has 1 atom stereocenters. The van der Waals surface area contributed by atoms with Crippen LogP contribution in [0.25, 0.3) is 10.9 Å². The van der Waals surface area contributed by atoms with Gasteiger partial charge >= 0.3 is 0 Å². The highest BCUT2D eigenvalue weighted by atomic mass is 16.3. The van der Waals surface area contributed by atoms with Crippen LogP contribution in [-0.2, 0) is 0 Å². The summed E-state index contributed by atoms with van der Waals surface area (Å²) < 4.78 is 0. The number of hydrogen-bond donors (Lipinski definition) is 2. The van der Waals surface area contributed by atoms with Crippen LogP contribution < -0.4 is 0 Å². The zero-order chi connectivity index (χ0) is 16.1. The van der Waals surface area contributed by atoms with E-state index in [2.05, 4.69) is 4.98 Å². The number of hydrogen-bond acceptors (Lipinski definition) is 3. The molecule has 0 bridgehead atoms. The van der Waals surface area contributed by atoms with Crippen molar-refractivity contribution in [3.05, 3.63) is 64.8 Å². The fraction of sp³-hybridized carbons (Fsp3) is 0.111. The zero-order valence-electron chi connectivity index (χ0n) is 12.4. The third kappa shape index (κ3) is 1.80. The minimum atomic E-state index is -0.402. The number of aromatic nitrogens is 1. The number of aldehydes is 1. The molecule has 0 fully saturated rings. The summed E-state index contributed by atoms with van der Waals surface area (Å²) in [5.74, 6) is -0.0172. The molecule has 2 aromatic carbocycles. The fourth-order valence-corrected chi connectivity index (χ4v) is 3.41. The van der Waals surface area contributed by atoms with Crippen LogP contribution in [0.1, 0.15) is 38.0 Å². The normalized spacial score (nSPS) is 16.8. The number of H-pyrrole nitrogens is 1. The summed E-state index contributed by atoms with van der Waals surface area (Å²) in [6, 6.07) is 11.9. The molecule has 1 aliphatic heterocycles. The van der Waals surface area contributed by atoms with Crippen molar-refractivity contribution in [2.75, 3.05) is 7.05 Å². The summed E-state index contributed by atoms with van der Waals surface area (Å²) >= 11 is 0. The number of carbonyl (C=O) groups excluding carboxylic acids is 2. The molecule has 1 aromatic heterocycles. The van der Waals surface area contributed by atoms with Gasteiger partial charge in [0.05, 0.1) is 11.7 Å². The molecule has 0 aliphatic carbocycles. The highest BCUT2D eigenvalue weighted by Crippen LogP contribution is 2.42. The maximum absolute atomic E-state index is 12.5. The molecule has 0 spiro atoms. The van der Waals surface area contributed by atoms with Gasteiger partial charge in [0.25, 0.3) is 5.91 Å². The highest BCUT2D eigenvalue weighted by molar-refractivity contribution is 6.02. The number of carbonyl (C=O) groups is 2. The summed E-state index contributed by atoms with van der Waals surface area (Å²) in [6.07, 6.45) is 0.772. The van der Waals surface area contributed by atoms with E-state index in [4.69, 9.17) is 0 Å². The van der Waals surface area contributed by atoms with Crippen molar-refractivity contribution in [3.8, 4) is 5.75 Å². The van der Waals surface area contributed by atoms with Crippen molar-refractivity contribution in [2.45, 2.75) is 6.04 Å².